The Hall–Kier alpha value is -1.93. The van der Waals surface area contributed by atoms with Crippen LogP contribution in [0.3, 0.4) is 0 Å². The van der Waals surface area contributed by atoms with Gasteiger partial charge >= 0.3 is 0 Å². The van der Waals surface area contributed by atoms with E-state index in [1.165, 1.54) is 17.3 Å². The largest absolute Gasteiger partial charge is 0.350 e. The van der Waals surface area contributed by atoms with Crippen LogP contribution in [0.2, 0.25) is 0 Å². The third-order valence-electron chi connectivity index (χ3n) is 3.66. The summed E-state index contributed by atoms with van der Waals surface area (Å²) >= 11 is 4.81. The van der Waals surface area contributed by atoms with E-state index in [0.29, 0.717) is 9.63 Å². The molecule has 0 unspecified atom stereocenters. The van der Waals surface area contributed by atoms with Gasteiger partial charge < -0.3 is 10.6 Å². The third kappa shape index (κ3) is 6.95. The maximum atomic E-state index is 12.3. The second-order valence-corrected chi connectivity index (χ2v) is 7.72. The first-order valence-corrected chi connectivity index (χ1v) is 10.6. The molecule has 2 amide bonds. The topological polar surface area (TPSA) is 84.0 Å². The number of amides is 2. The van der Waals surface area contributed by atoms with Gasteiger partial charge in [0.05, 0.1) is 4.47 Å². The fourth-order valence-electron chi connectivity index (χ4n) is 2.19. The highest BCUT2D eigenvalue weighted by Crippen LogP contribution is 2.19. The molecule has 2 aromatic rings. The summed E-state index contributed by atoms with van der Waals surface area (Å²) in [6.07, 6.45) is 3.72. The van der Waals surface area contributed by atoms with Crippen molar-refractivity contribution in [3.8, 4) is 0 Å². The van der Waals surface area contributed by atoms with Gasteiger partial charge in [0.25, 0.3) is 5.91 Å². The van der Waals surface area contributed by atoms with Crippen molar-refractivity contribution in [2.75, 3.05) is 17.6 Å². The molecule has 8 heteroatoms. The number of nitrogens with zero attached hydrogens (tertiary/aromatic N) is 2. The SMILES string of the molecule is CCCSc1ncc(Br)c(C(=O)NCCC(=O)Nc2ccc(CC)cc2)n1. The average molecular weight is 451 g/mol. The Morgan fingerprint density at radius 3 is 2.59 bits per heavy atom. The Morgan fingerprint density at radius 1 is 1.19 bits per heavy atom. The van der Waals surface area contributed by atoms with Crippen molar-refractivity contribution in [3.63, 3.8) is 0 Å². The van der Waals surface area contributed by atoms with E-state index < -0.39 is 0 Å². The lowest BCUT2D eigenvalue weighted by Crippen LogP contribution is -2.28. The van der Waals surface area contributed by atoms with Gasteiger partial charge in [0, 0.05) is 30.6 Å². The van der Waals surface area contributed by atoms with Crippen molar-refractivity contribution >= 4 is 45.2 Å². The van der Waals surface area contributed by atoms with Crippen molar-refractivity contribution in [3.05, 3.63) is 46.2 Å². The number of carbonyl (C=O) groups is 2. The molecule has 2 rings (SSSR count). The van der Waals surface area contributed by atoms with Gasteiger partial charge in [0.1, 0.15) is 5.69 Å². The number of aryl methyl sites for hydroxylation is 1. The molecule has 0 atom stereocenters. The molecular weight excluding hydrogens is 428 g/mol. The summed E-state index contributed by atoms with van der Waals surface area (Å²) < 4.78 is 0.529. The average Bonchev–Trinajstić information content (AvgIpc) is 2.67. The van der Waals surface area contributed by atoms with E-state index in [4.69, 9.17) is 0 Å². The summed E-state index contributed by atoms with van der Waals surface area (Å²) in [6, 6.07) is 7.72. The van der Waals surface area contributed by atoms with E-state index in [1.54, 1.807) is 6.20 Å². The number of aromatic nitrogens is 2. The molecule has 0 bridgehead atoms. The van der Waals surface area contributed by atoms with Crippen LogP contribution >= 0.6 is 27.7 Å². The van der Waals surface area contributed by atoms with Crippen LogP contribution < -0.4 is 10.6 Å². The van der Waals surface area contributed by atoms with Gasteiger partial charge in [-0.1, -0.05) is 37.7 Å². The van der Waals surface area contributed by atoms with Crippen molar-refractivity contribution < 1.29 is 9.59 Å². The van der Waals surface area contributed by atoms with Gasteiger partial charge in [0.2, 0.25) is 5.91 Å². The van der Waals surface area contributed by atoms with Crippen LogP contribution in [0.5, 0.6) is 0 Å². The standard InChI is InChI=1S/C19H23BrN4O2S/c1-3-11-27-19-22-12-15(20)17(24-19)18(26)21-10-9-16(25)23-14-7-5-13(4-2)6-8-14/h5-8,12H,3-4,9-11H2,1-2H3,(H,21,26)(H,23,25). The van der Waals surface area contributed by atoms with Crippen LogP contribution in [0, 0.1) is 0 Å². The number of hydrogen-bond acceptors (Lipinski definition) is 5. The lowest BCUT2D eigenvalue weighted by molar-refractivity contribution is -0.116. The van der Waals surface area contributed by atoms with Crippen LogP contribution in [0.1, 0.15) is 42.7 Å². The zero-order chi connectivity index (χ0) is 19.6. The maximum Gasteiger partial charge on any atom is 0.271 e. The molecule has 0 fully saturated rings. The molecule has 0 aliphatic rings. The molecule has 2 N–H and O–H groups in total. The van der Waals surface area contributed by atoms with E-state index in [2.05, 4.69) is 50.4 Å². The summed E-state index contributed by atoms with van der Waals surface area (Å²) in [6.45, 7) is 4.38. The van der Waals surface area contributed by atoms with Gasteiger partial charge in [-0.25, -0.2) is 9.97 Å². The summed E-state index contributed by atoms with van der Waals surface area (Å²) in [7, 11) is 0. The van der Waals surface area contributed by atoms with Crippen molar-refractivity contribution in [2.45, 2.75) is 38.3 Å². The maximum absolute atomic E-state index is 12.3. The predicted molar refractivity (Wildman–Crippen MR) is 112 cm³/mol. The van der Waals surface area contributed by atoms with Crippen LogP contribution in [-0.4, -0.2) is 34.1 Å². The molecule has 6 nitrogen and oxygen atoms in total. The third-order valence-corrected chi connectivity index (χ3v) is 5.30. The number of hydrogen-bond donors (Lipinski definition) is 2. The molecular formula is C19H23BrN4O2S. The highest BCUT2D eigenvalue weighted by atomic mass is 79.9. The lowest BCUT2D eigenvalue weighted by atomic mass is 10.1. The quantitative estimate of drug-likeness (QED) is 0.444. The minimum absolute atomic E-state index is 0.152. The summed E-state index contributed by atoms with van der Waals surface area (Å²) in [5, 5.41) is 6.12. The van der Waals surface area contributed by atoms with Crippen LogP contribution in [0.15, 0.2) is 40.1 Å². The molecule has 1 aromatic carbocycles. The van der Waals surface area contributed by atoms with Gasteiger partial charge in [0.15, 0.2) is 5.16 Å². The fraction of sp³-hybridized carbons (Fsp3) is 0.368. The number of halogens is 1. The molecule has 27 heavy (non-hydrogen) atoms. The highest BCUT2D eigenvalue weighted by molar-refractivity contribution is 9.10. The van der Waals surface area contributed by atoms with Crippen LogP contribution in [-0.2, 0) is 11.2 Å². The minimum atomic E-state index is -0.331. The monoisotopic (exact) mass is 450 g/mol. The van der Waals surface area contributed by atoms with E-state index in [0.717, 1.165) is 24.3 Å². The molecule has 0 spiro atoms. The fourth-order valence-corrected chi connectivity index (χ4v) is 3.23. The lowest BCUT2D eigenvalue weighted by Gasteiger charge is -2.08. The normalized spacial score (nSPS) is 10.5. The molecule has 0 saturated carbocycles. The van der Waals surface area contributed by atoms with Crippen molar-refractivity contribution in [1.82, 2.24) is 15.3 Å². The molecule has 1 heterocycles. The first-order chi connectivity index (χ1) is 13.0. The van der Waals surface area contributed by atoms with Crippen LogP contribution in [0.25, 0.3) is 0 Å². The minimum Gasteiger partial charge on any atom is -0.350 e. The number of benzene rings is 1. The second-order valence-electron chi connectivity index (χ2n) is 5.80. The Balaban J connectivity index is 1.83. The second kappa shape index (κ2) is 11.0. The Bertz CT molecular complexity index is 784. The van der Waals surface area contributed by atoms with Crippen molar-refractivity contribution in [1.29, 1.82) is 0 Å². The Kier molecular flexibility index (Phi) is 8.74. The number of nitrogens with one attached hydrogen (secondary N) is 2. The molecule has 0 radical (unpaired) electrons. The first kappa shape index (κ1) is 21.4. The molecule has 144 valence electrons. The van der Waals surface area contributed by atoms with E-state index >= 15 is 0 Å². The van der Waals surface area contributed by atoms with Gasteiger partial charge in [-0.3, -0.25) is 9.59 Å². The predicted octanol–water partition coefficient (Wildman–Crippen LogP) is 4.06. The Morgan fingerprint density at radius 2 is 1.93 bits per heavy atom. The summed E-state index contributed by atoms with van der Waals surface area (Å²) in [5.41, 5.74) is 2.24. The van der Waals surface area contributed by atoms with Crippen LogP contribution in [0.4, 0.5) is 5.69 Å². The molecule has 1 aromatic heterocycles. The molecule has 0 aliphatic carbocycles. The molecule has 0 aliphatic heterocycles. The van der Waals surface area contributed by atoms with E-state index in [1.807, 2.05) is 24.3 Å². The van der Waals surface area contributed by atoms with Gasteiger partial charge in [-0.05, 0) is 46.5 Å². The number of carbonyl (C=O) groups excluding carboxylic acids is 2. The zero-order valence-electron chi connectivity index (χ0n) is 15.4. The van der Waals surface area contributed by atoms with Crippen molar-refractivity contribution in [2.24, 2.45) is 0 Å². The van der Waals surface area contributed by atoms with E-state index in [-0.39, 0.29) is 30.5 Å². The summed E-state index contributed by atoms with van der Waals surface area (Å²) in [5.74, 6) is 0.408. The molecule has 0 saturated heterocycles. The Labute approximate surface area is 172 Å². The zero-order valence-corrected chi connectivity index (χ0v) is 17.8. The first-order valence-electron chi connectivity index (χ1n) is 8.85. The number of anilines is 1. The van der Waals surface area contributed by atoms with E-state index in [9.17, 15) is 9.59 Å². The summed E-state index contributed by atoms with van der Waals surface area (Å²) in [4.78, 5) is 32.8. The van der Waals surface area contributed by atoms with Gasteiger partial charge in [-0.2, -0.15) is 0 Å². The number of thioether (sulfide) groups is 1. The highest BCUT2D eigenvalue weighted by Gasteiger charge is 2.14. The van der Waals surface area contributed by atoms with Gasteiger partial charge in [-0.15, -0.1) is 0 Å². The smallest absolute Gasteiger partial charge is 0.271 e. The number of rotatable bonds is 9.